The lowest BCUT2D eigenvalue weighted by molar-refractivity contribution is -0.136. The third-order valence-corrected chi connectivity index (χ3v) is 3.47. The van der Waals surface area contributed by atoms with Crippen molar-refractivity contribution in [2.24, 2.45) is 0 Å². The molecule has 0 spiro atoms. The predicted octanol–water partition coefficient (Wildman–Crippen LogP) is 2.87. The van der Waals surface area contributed by atoms with Crippen LogP contribution in [-0.2, 0) is 11.2 Å². The lowest BCUT2D eigenvalue weighted by atomic mass is 10.3. The van der Waals surface area contributed by atoms with Crippen LogP contribution in [0.3, 0.4) is 0 Å². The molecule has 2 rings (SSSR count). The van der Waals surface area contributed by atoms with Crippen LogP contribution in [0.1, 0.15) is 10.6 Å². The number of carboxylic acid groups (broad SMARTS) is 1. The highest BCUT2D eigenvalue weighted by molar-refractivity contribution is 7.15. The molecule has 0 aliphatic heterocycles. The van der Waals surface area contributed by atoms with Crippen molar-refractivity contribution in [2.75, 3.05) is 5.32 Å². The van der Waals surface area contributed by atoms with Gasteiger partial charge in [0.15, 0.2) is 5.13 Å². The first-order valence-corrected chi connectivity index (χ1v) is 6.30. The maximum Gasteiger partial charge on any atom is 0.308 e. The van der Waals surface area contributed by atoms with E-state index < -0.39 is 5.97 Å². The molecule has 2 aromatic rings. The van der Waals surface area contributed by atoms with Gasteiger partial charge in [-0.05, 0) is 19.1 Å². The summed E-state index contributed by atoms with van der Waals surface area (Å²) < 4.78 is 0. The summed E-state index contributed by atoms with van der Waals surface area (Å²) >= 11 is 7.14. The highest BCUT2D eigenvalue weighted by atomic mass is 35.5. The molecule has 0 aromatic carbocycles. The van der Waals surface area contributed by atoms with Crippen molar-refractivity contribution in [2.45, 2.75) is 13.3 Å². The first kappa shape index (κ1) is 12.8. The van der Waals surface area contributed by atoms with Crippen molar-refractivity contribution < 1.29 is 9.90 Å². The molecule has 0 bridgehead atoms. The second-order valence-corrected chi connectivity index (χ2v) is 5.10. The quantitative estimate of drug-likeness (QED) is 0.902. The summed E-state index contributed by atoms with van der Waals surface area (Å²) in [6, 6.07) is 3.35. The Morgan fingerprint density at radius 1 is 1.61 bits per heavy atom. The molecule has 0 aliphatic carbocycles. The highest BCUT2D eigenvalue weighted by Gasteiger charge is 2.11. The number of pyridine rings is 1. The van der Waals surface area contributed by atoms with Gasteiger partial charge in [-0.1, -0.05) is 11.6 Å². The van der Waals surface area contributed by atoms with Crippen LogP contribution >= 0.6 is 22.9 Å². The molecule has 7 heteroatoms. The first-order valence-electron chi connectivity index (χ1n) is 5.11. The Labute approximate surface area is 112 Å². The Morgan fingerprint density at radius 2 is 2.39 bits per heavy atom. The zero-order valence-electron chi connectivity index (χ0n) is 9.48. The fraction of sp³-hybridized carbons (Fsp3) is 0.182. The number of anilines is 2. The summed E-state index contributed by atoms with van der Waals surface area (Å²) in [7, 11) is 0. The van der Waals surface area contributed by atoms with E-state index >= 15 is 0 Å². The van der Waals surface area contributed by atoms with Crippen LogP contribution in [0.15, 0.2) is 18.3 Å². The number of thiazole rings is 1. The van der Waals surface area contributed by atoms with E-state index in [1.54, 1.807) is 25.3 Å². The molecule has 0 atom stereocenters. The summed E-state index contributed by atoms with van der Waals surface area (Å²) in [5, 5.41) is 12.9. The van der Waals surface area contributed by atoms with Crippen LogP contribution in [0.4, 0.5) is 10.9 Å². The number of hydrogen-bond acceptors (Lipinski definition) is 5. The summed E-state index contributed by atoms with van der Waals surface area (Å²) in [5.74, 6) is -0.285. The van der Waals surface area contributed by atoms with E-state index in [1.165, 1.54) is 11.3 Å². The second-order valence-electron chi connectivity index (χ2n) is 3.58. The summed E-state index contributed by atoms with van der Waals surface area (Å²) in [5.41, 5.74) is 0.715. The molecule has 2 heterocycles. The van der Waals surface area contributed by atoms with E-state index in [1.807, 2.05) is 0 Å². The number of carboxylic acids is 1. The lowest BCUT2D eigenvalue weighted by Gasteiger charge is -2.00. The van der Waals surface area contributed by atoms with Gasteiger partial charge >= 0.3 is 5.97 Å². The van der Waals surface area contributed by atoms with Gasteiger partial charge in [0.2, 0.25) is 0 Å². The van der Waals surface area contributed by atoms with Crippen molar-refractivity contribution in [1.82, 2.24) is 9.97 Å². The van der Waals surface area contributed by atoms with Gasteiger partial charge in [0.25, 0.3) is 0 Å². The van der Waals surface area contributed by atoms with Gasteiger partial charge in [0.05, 0.1) is 12.1 Å². The van der Waals surface area contributed by atoms with Crippen LogP contribution in [0, 0.1) is 6.92 Å². The molecule has 0 aliphatic rings. The molecule has 0 fully saturated rings. The Balaban J connectivity index is 2.17. The van der Waals surface area contributed by atoms with E-state index in [0.717, 1.165) is 4.88 Å². The fourth-order valence-corrected chi connectivity index (χ4v) is 2.49. The second kappa shape index (κ2) is 5.32. The topological polar surface area (TPSA) is 75.1 Å². The van der Waals surface area contributed by atoms with E-state index in [-0.39, 0.29) is 6.42 Å². The van der Waals surface area contributed by atoms with Crippen LogP contribution < -0.4 is 5.32 Å². The van der Waals surface area contributed by atoms with Crippen molar-refractivity contribution in [1.29, 1.82) is 0 Å². The number of aryl methyl sites for hydroxylation is 1. The molecular formula is C11H10ClN3O2S. The van der Waals surface area contributed by atoms with Crippen LogP contribution in [-0.4, -0.2) is 21.0 Å². The van der Waals surface area contributed by atoms with Crippen LogP contribution in [0.5, 0.6) is 0 Å². The molecule has 2 N–H and O–H groups in total. The zero-order chi connectivity index (χ0) is 13.1. The van der Waals surface area contributed by atoms with Crippen molar-refractivity contribution in [3.63, 3.8) is 0 Å². The van der Waals surface area contributed by atoms with Gasteiger partial charge in [-0.2, -0.15) is 0 Å². The fourth-order valence-electron chi connectivity index (χ4n) is 1.37. The molecular weight excluding hydrogens is 274 g/mol. The average molecular weight is 284 g/mol. The van der Waals surface area contributed by atoms with Crippen LogP contribution in [0.2, 0.25) is 5.02 Å². The molecule has 5 nitrogen and oxygen atoms in total. The Hall–Kier alpha value is -1.66. The number of nitrogens with one attached hydrogen (secondary N) is 1. The van der Waals surface area contributed by atoms with Gasteiger partial charge in [0.1, 0.15) is 5.82 Å². The number of aromatic nitrogens is 2. The summed E-state index contributed by atoms with van der Waals surface area (Å²) in [6.45, 7) is 1.78. The van der Waals surface area contributed by atoms with E-state index in [0.29, 0.717) is 21.7 Å². The third-order valence-electron chi connectivity index (χ3n) is 2.16. The van der Waals surface area contributed by atoms with Gasteiger partial charge in [-0.3, -0.25) is 4.79 Å². The molecule has 18 heavy (non-hydrogen) atoms. The normalized spacial score (nSPS) is 10.3. The van der Waals surface area contributed by atoms with Crippen molar-refractivity contribution in [3.05, 3.63) is 33.9 Å². The number of rotatable bonds is 4. The molecule has 0 radical (unpaired) electrons. The highest BCUT2D eigenvalue weighted by Crippen LogP contribution is 2.26. The average Bonchev–Trinajstić information content (AvgIpc) is 2.58. The SMILES string of the molecule is Cc1nc(Nc2cc(Cl)ccn2)sc1CC(=O)O. The minimum Gasteiger partial charge on any atom is -0.481 e. The molecule has 0 unspecified atom stereocenters. The number of hydrogen-bond donors (Lipinski definition) is 2. The molecule has 2 aromatic heterocycles. The summed E-state index contributed by atoms with van der Waals surface area (Å²) in [6.07, 6.45) is 1.57. The van der Waals surface area contributed by atoms with Gasteiger partial charge in [-0.15, -0.1) is 11.3 Å². The first-order chi connectivity index (χ1) is 8.54. The maximum absolute atomic E-state index is 10.7. The Bertz CT molecular complexity index is 585. The summed E-state index contributed by atoms with van der Waals surface area (Å²) in [4.78, 5) is 19.7. The van der Waals surface area contributed by atoms with E-state index in [2.05, 4.69) is 15.3 Å². The van der Waals surface area contributed by atoms with Crippen molar-refractivity contribution >= 4 is 39.9 Å². The third kappa shape index (κ3) is 3.18. The number of carbonyl (C=O) groups is 1. The predicted molar refractivity (Wildman–Crippen MR) is 70.7 cm³/mol. The Kier molecular flexibility index (Phi) is 3.78. The standard InChI is InChI=1S/C11H10ClN3O2S/c1-6-8(5-10(16)17)18-11(14-6)15-9-4-7(12)2-3-13-9/h2-4H,5H2,1H3,(H,16,17)(H,13,14,15). The Morgan fingerprint density at radius 3 is 3.06 bits per heavy atom. The number of halogens is 1. The van der Waals surface area contributed by atoms with Gasteiger partial charge < -0.3 is 10.4 Å². The molecule has 0 saturated heterocycles. The van der Waals surface area contributed by atoms with Crippen LogP contribution in [0.25, 0.3) is 0 Å². The van der Waals surface area contributed by atoms with Gasteiger partial charge in [0, 0.05) is 16.1 Å². The molecule has 0 saturated carbocycles. The minimum absolute atomic E-state index is 0.0197. The maximum atomic E-state index is 10.7. The van der Waals surface area contributed by atoms with E-state index in [4.69, 9.17) is 16.7 Å². The number of nitrogens with zero attached hydrogens (tertiary/aromatic N) is 2. The lowest BCUT2D eigenvalue weighted by Crippen LogP contribution is -1.99. The zero-order valence-corrected chi connectivity index (χ0v) is 11.0. The largest absolute Gasteiger partial charge is 0.481 e. The van der Waals surface area contributed by atoms with Gasteiger partial charge in [-0.25, -0.2) is 9.97 Å². The molecule has 94 valence electrons. The van der Waals surface area contributed by atoms with Crippen molar-refractivity contribution in [3.8, 4) is 0 Å². The smallest absolute Gasteiger partial charge is 0.308 e. The monoisotopic (exact) mass is 283 g/mol. The number of aliphatic carboxylic acids is 1. The molecule has 0 amide bonds. The minimum atomic E-state index is -0.866. The van der Waals surface area contributed by atoms with E-state index in [9.17, 15) is 4.79 Å².